The predicted octanol–water partition coefficient (Wildman–Crippen LogP) is 4.62. The Labute approximate surface area is 265 Å². The number of nitrogens with zero attached hydrogens (tertiary/aromatic N) is 3. The van der Waals surface area contributed by atoms with Crippen molar-refractivity contribution in [2.45, 2.75) is 49.4 Å². The van der Waals surface area contributed by atoms with Crippen molar-refractivity contribution in [2.75, 3.05) is 20.3 Å². The zero-order chi connectivity index (χ0) is 32.8. The number of carbonyl (C=O) groups is 2. The fourth-order valence-corrected chi connectivity index (χ4v) is 6.11. The molecule has 0 radical (unpaired) electrons. The Hall–Kier alpha value is -4.36. The van der Waals surface area contributed by atoms with Crippen LogP contribution in [-0.4, -0.2) is 51.9 Å². The van der Waals surface area contributed by atoms with Crippen LogP contribution in [0.4, 0.5) is 13.2 Å². The van der Waals surface area contributed by atoms with E-state index in [0.29, 0.717) is 42.7 Å². The van der Waals surface area contributed by atoms with Crippen LogP contribution in [0.15, 0.2) is 36.5 Å². The molecule has 0 bridgehead atoms. The molecule has 0 unspecified atom stereocenters. The molecule has 2 aromatic heterocycles. The molecular weight excluding hydrogens is 627 g/mol. The van der Waals surface area contributed by atoms with Crippen molar-refractivity contribution in [3.63, 3.8) is 0 Å². The number of rotatable bonds is 9. The van der Waals surface area contributed by atoms with Gasteiger partial charge < -0.3 is 25.6 Å². The lowest BCUT2D eigenvalue weighted by atomic mass is 9.81. The summed E-state index contributed by atoms with van der Waals surface area (Å²) in [5, 5.41) is 19.4. The van der Waals surface area contributed by atoms with E-state index in [4.69, 9.17) is 26.8 Å². The molecule has 14 heteroatoms. The SMILES string of the molecule is COc1cc(C(=O)NC[C@](O)(c2cc3c(c(-c4cc(Cl)c(F)cc4F)n2)OC[C@]3(C)C(N)=O)C2CC2)cc2cn(C3(F)CC3)nc12. The van der Waals surface area contributed by atoms with Crippen LogP contribution >= 0.6 is 11.6 Å². The second-order valence-electron chi connectivity index (χ2n) is 12.5. The van der Waals surface area contributed by atoms with Crippen LogP contribution in [-0.2, 0) is 21.6 Å². The maximum absolute atomic E-state index is 15.2. The quantitative estimate of drug-likeness (QED) is 0.224. The summed E-state index contributed by atoms with van der Waals surface area (Å²) >= 11 is 6.00. The van der Waals surface area contributed by atoms with Crippen LogP contribution in [0.5, 0.6) is 11.5 Å². The van der Waals surface area contributed by atoms with E-state index in [9.17, 15) is 23.5 Å². The molecule has 2 atom stereocenters. The summed E-state index contributed by atoms with van der Waals surface area (Å²) in [6.45, 7) is 1.07. The van der Waals surface area contributed by atoms with E-state index in [0.717, 1.165) is 6.07 Å². The molecule has 2 saturated carbocycles. The van der Waals surface area contributed by atoms with Crippen molar-refractivity contribution in [2.24, 2.45) is 11.7 Å². The van der Waals surface area contributed by atoms with Gasteiger partial charge in [-0.3, -0.25) is 9.59 Å². The minimum Gasteiger partial charge on any atom is -0.494 e. The summed E-state index contributed by atoms with van der Waals surface area (Å²) in [7, 11) is 1.42. The van der Waals surface area contributed by atoms with Crippen molar-refractivity contribution < 1.29 is 37.3 Å². The van der Waals surface area contributed by atoms with Gasteiger partial charge in [0, 0.05) is 47.2 Å². The van der Waals surface area contributed by atoms with E-state index < -0.39 is 40.3 Å². The van der Waals surface area contributed by atoms with Crippen molar-refractivity contribution in [3.05, 3.63) is 70.0 Å². The maximum Gasteiger partial charge on any atom is 0.251 e. The van der Waals surface area contributed by atoms with Gasteiger partial charge >= 0.3 is 0 Å². The monoisotopic (exact) mass is 655 g/mol. The molecule has 2 aromatic carbocycles. The smallest absolute Gasteiger partial charge is 0.251 e. The minimum atomic E-state index is -1.77. The lowest BCUT2D eigenvalue weighted by Gasteiger charge is -2.30. The largest absolute Gasteiger partial charge is 0.494 e. The Morgan fingerprint density at radius 2 is 1.96 bits per heavy atom. The number of hydrogen-bond acceptors (Lipinski definition) is 7. The highest BCUT2D eigenvalue weighted by Crippen LogP contribution is 2.50. The van der Waals surface area contributed by atoms with Crippen LogP contribution < -0.4 is 20.5 Å². The summed E-state index contributed by atoms with van der Waals surface area (Å²) < 4.78 is 56.4. The van der Waals surface area contributed by atoms with Crippen LogP contribution in [0.3, 0.4) is 0 Å². The fourth-order valence-electron chi connectivity index (χ4n) is 5.95. The molecule has 4 aromatic rings. The Balaban J connectivity index is 1.27. The maximum atomic E-state index is 15.2. The van der Waals surface area contributed by atoms with E-state index >= 15 is 4.39 Å². The number of benzene rings is 2. The number of nitrogens with two attached hydrogens (primary N) is 1. The summed E-state index contributed by atoms with van der Waals surface area (Å²) in [5.41, 5.74) is 3.21. The number of methoxy groups -OCH3 is 1. The van der Waals surface area contributed by atoms with E-state index in [1.807, 2.05) is 0 Å². The zero-order valence-corrected chi connectivity index (χ0v) is 25.6. The van der Waals surface area contributed by atoms with Gasteiger partial charge in [-0.05, 0) is 49.9 Å². The molecule has 4 N–H and O–H groups in total. The van der Waals surface area contributed by atoms with Crippen molar-refractivity contribution in [3.8, 4) is 22.8 Å². The summed E-state index contributed by atoms with van der Waals surface area (Å²) in [6, 6.07) is 6.19. The molecule has 0 saturated heterocycles. The Morgan fingerprint density at radius 3 is 2.61 bits per heavy atom. The normalized spacial score (nSPS) is 20.9. The van der Waals surface area contributed by atoms with Crippen LogP contribution in [0.25, 0.3) is 22.2 Å². The van der Waals surface area contributed by atoms with Gasteiger partial charge in [-0.25, -0.2) is 22.8 Å². The first-order valence-corrected chi connectivity index (χ1v) is 15.1. The number of carbonyl (C=O) groups excluding carboxylic acids is 2. The summed E-state index contributed by atoms with van der Waals surface area (Å²) in [5.74, 6) is -4.80. The standard InChI is InChI=1S/C32H29ClF3N5O5/c1-30(29(37)43)14-46-27-19(30)10-24(39-26(27)18-9-20(33)22(35)11-21(18)34)32(44,17-3-4-17)13-38-28(42)15-7-16-12-41(31(36)5-6-31)40-25(16)23(8-15)45-2/h7-12,17,44H,3-6,13-14H2,1-2H3,(H2,37,43)(H,38,42)/t30-,32+/m0/s1. The zero-order valence-electron chi connectivity index (χ0n) is 24.8. The number of nitrogens with one attached hydrogen (secondary N) is 1. The predicted molar refractivity (Wildman–Crippen MR) is 160 cm³/mol. The van der Waals surface area contributed by atoms with Gasteiger partial charge in [0.2, 0.25) is 11.7 Å². The van der Waals surface area contributed by atoms with Gasteiger partial charge in [-0.1, -0.05) is 11.6 Å². The first-order valence-electron chi connectivity index (χ1n) is 14.7. The van der Waals surface area contributed by atoms with E-state index in [-0.39, 0.29) is 63.7 Å². The van der Waals surface area contributed by atoms with Crippen molar-refractivity contribution in [1.82, 2.24) is 20.1 Å². The Morgan fingerprint density at radius 1 is 1.22 bits per heavy atom. The Kier molecular flexibility index (Phi) is 6.80. The summed E-state index contributed by atoms with van der Waals surface area (Å²) in [6.07, 6.45) is 3.42. The number of primary amides is 1. The molecule has 2 amide bonds. The number of hydrogen-bond donors (Lipinski definition) is 3. The third kappa shape index (κ3) is 4.75. The molecule has 0 spiro atoms. The highest BCUT2D eigenvalue weighted by Gasteiger charge is 2.50. The Bertz CT molecular complexity index is 1960. The number of fused-ring (bicyclic) bond motifs is 2. The van der Waals surface area contributed by atoms with Gasteiger partial charge in [0.25, 0.3) is 5.91 Å². The highest BCUT2D eigenvalue weighted by molar-refractivity contribution is 6.31. The molecule has 240 valence electrons. The number of amides is 2. The molecule has 3 aliphatic rings. The third-order valence-corrected chi connectivity index (χ3v) is 9.51. The number of aromatic nitrogens is 3. The molecule has 46 heavy (non-hydrogen) atoms. The number of alkyl halides is 1. The highest BCUT2D eigenvalue weighted by atomic mass is 35.5. The summed E-state index contributed by atoms with van der Waals surface area (Å²) in [4.78, 5) is 30.7. The molecule has 2 aliphatic carbocycles. The van der Waals surface area contributed by atoms with E-state index in [2.05, 4.69) is 15.4 Å². The van der Waals surface area contributed by atoms with Crippen molar-refractivity contribution in [1.29, 1.82) is 0 Å². The van der Waals surface area contributed by atoms with Gasteiger partial charge in [0.05, 0.1) is 24.4 Å². The fraction of sp³-hybridized carbons (Fsp3) is 0.375. The lowest BCUT2D eigenvalue weighted by Crippen LogP contribution is -2.44. The number of halogens is 4. The first-order chi connectivity index (χ1) is 21.8. The number of aliphatic hydroxyl groups is 1. The topological polar surface area (TPSA) is 142 Å². The van der Waals surface area contributed by atoms with Gasteiger partial charge in [-0.2, -0.15) is 5.10 Å². The van der Waals surface area contributed by atoms with Crippen LogP contribution in [0, 0.1) is 17.6 Å². The molecule has 7 rings (SSSR count). The van der Waals surface area contributed by atoms with Crippen LogP contribution in [0.1, 0.15) is 54.2 Å². The van der Waals surface area contributed by atoms with E-state index in [1.54, 1.807) is 13.0 Å². The second-order valence-corrected chi connectivity index (χ2v) is 12.9. The average molecular weight is 656 g/mol. The minimum absolute atomic E-state index is 0.0360. The number of ether oxygens (including phenoxy) is 2. The second kappa shape index (κ2) is 10.3. The van der Waals surface area contributed by atoms with Gasteiger partial charge in [-0.15, -0.1) is 0 Å². The first kappa shape index (κ1) is 30.3. The molecule has 1 aliphatic heterocycles. The van der Waals surface area contributed by atoms with E-state index in [1.165, 1.54) is 30.1 Å². The van der Waals surface area contributed by atoms with Crippen molar-refractivity contribution >= 4 is 34.3 Å². The molecule has 2 fully saturated rings. The molecule has 10 nitrogen and oxygen atoms in total. The van der Waals surface area contributed by atoms with Crippen LogP contribution in [0.2, 0.25) is 5.02 Å². The molecule has 3 heterocycles. The molecular formula is C32H29ClF3N5O5. The lowest BCUT2D eigenvalue weighted by molar-refractivity contribution is -0.123. The average Bonchev–Trinajstić information content (AvgIpc) is 3.95. The third-order valence-electron chi connectivity index (χ3n) is 9.23. The van der Waals surface area contributed by atoms with Gasteiger partial charge in [0.1, 0.15) is 52.0 Å². The number of pyridine rings is 1. The van der Waals surface area contributed by atoms with Gasteiger partial charge in [0.15, 0.2) is 0 Å².